The third kappa shape index (κ3) is 4.25. The van der Waals surface area contributed by atoms with Crippen LogP contribution in [0.4, 0.5) is 11.4 Å². The van der Waals surface area contributed by atoms with Gasteiger partial charge in [-0.25, -0.2) is 5.01 Å². The number of ether oxygens (including phenoxy) is 4. The minimum atomic E-state index is -0.631. The van der Waals surface area contributed by atoms with Gasteiger partial charge in [0.05, 0.1) is 17.7 Å². The van der Waals surface area contributed by atoms with Gasteiger partial charge in [0.25, 0.3) is 11.8 Å². The molecule has 0 saturated carbocycles. The Labute approximate surface area is 204 Å². The number of carbonyl (C=O) groups excluding carboxylic acids is 2. The van der Waals surface area contributed by atoms with Crippen LogP contribution in [0.2, 0.25) is 0 Å². The SMILES string of the molecule is COc1cc(/C=C2/C(=O)NN(c3ccccc3)C2=O)cc([N+](=O)[O-])c1OCc1ccc2c(c1)OCO2. The lowest BCUT2D eigenvalue weighted by Crippen LogP contribution is -2.35. The molecule has 0 atom stereocenters. The number of para-hydroxylation sites is 1. The lowest BCUT2D eigenvalue weighted by molar-refractivity contribution is -0.386. The first-order chi connectivity index (χ1) is 17.4. The predicted molar refractivity (Wildman–Crippen MR) is 127 cm³/mol. The number of carbonyl (C=O) groups is 2. The van der Waals surface area contributed by atoms with Gasteiger partial charge in [-0.2, -0.15) is 0 Å². The van der Waals surface area contributed by atoms with Crippen LogP contribution in [0.3, 0.4) is 0 Å². The van der Waals surface area contributed by atoms with E-state index < -0.39 is 16.7 Å². The monoisotopic (exact) mass is 489 g/mol. The number of nitro benzene ring substituents is 1. The maximum Gasteiger partial charge on any atom is 0.315 e. The number of rotatable bonds is 7. The molecule has 0 unspecified atom stereocenters. The van der Waals surface area contributed by atoms with Crippen molar-refractivity contribution in [2.45, 2.75) is 6.61 Å². The van der Waals surface area contributed by atoms with Crippen molar-refractivity contribution in [1.29, 1.82) is 0 Å². The topological polar surface area (TPSA) is 129 Å². The molecule has 11 heteroatoms. The van der Waals surface area contributed by atoms with Crippen LogP contribution in [-0.2, 0) is 16.2 Å². The molecule has 182 valence electrons. The van der Waals surface area contributed by atoms with Crippen LogP contribution in [0.5, 0.6) is 23.0 Å². The van der Waals surface area contributed by atoms with Gasteiger partial charge in [-0.05, 0) is 47.5 Å². The molecule has 3 aromatic carbocycles. The molecule has 11 nitrogen and oxygen atoms in total. The van der Waals surface area contributed by atoms with Crippen LogP contribution in [0, 0.1) is 10.1 Å². The number of nitrogens with one attached hydrogen (secondary N) is 1. The molecule has 3 aromatic rings. The largest absolute Gasteiger partial charge is 0.493 e. The molecule has 0 bridgehead atoms. The van der Waals surface area contributed by atoms with Crippen LogP contribution in [0.1, 0.15) is 11.1 Å². The Morgan fingerprint density at radius 2 is 1.86 bits per heavy atom. The second-order valence-electron chi connectivity index (χ2n) is 7.78. The number of hydrazine groups is 1. The van der Waals surface area contributed by atoms with Crippen molar-refractivity contribution in [3.63, 3.8) is 0 Å². The molecule has 1 saturated heterocycles. The highest BCUT2D eigenvalue weighted by molar-refractivity contribution is 6.31. The minimum Gasteiger partial charge on any atom is -0.493 e. The van der Waals surface area contributed by atoms with Crippen LogP contribution in [0.25, 0.3) is 6.08 Å². The number of hydrogen-bond donors (Lipinski definition) is 1. The maximum absolute atomic E-state index is 12.9. The Kier molecular flexibility index (Phi) is 5.87. The summed E-state index contributed by atoms with van der Waals surface area (Å²) in [5.74, 6) is -0.0674. The van der Waals surface area contributed by atoms with E-state index in [2.05, 4.69) is 5.43 Å². The van der Waals surface area contributed by atoms with Gasteiger partial charge in [0.1, 0.15) is 12.2 Å². The van der Waals surface area contributed by atoms with Gasteiger partial charge in [0.15, 0.2) is 17.2 Å². The second kappa shape index (κ2) is 9.29. The summed E-state index contributed by atoms with van der Waals surface area (Å²) < 4.78 is 21.8. The van der Waals surface area contributed by atoms with Crippen molar-refractivity contribution in [1.82, 2.24) is 5.43 Å². The number of methoxy groups -OCH3 is 1. The summed E-state index contributed by atoms with van der Waals surface area (Å²) in [7, 11) is 1.34. The molecule has 0 spiro atoms. The molecule has 0 radical (unpaired) electrons. The average molecular weight is 489 g/mol. The Morgan fingerprint density at radius 1 is 1.08 bits per heavy atom. The summed E-state index contributed by atoms with van der Waals surface area (Å²) in [4.78, 5) is 36.6. The van der Waals surface area contributed by atoms with Crippen molar-refractivity contribution in [3.05, 3.63) is 87.5 Å². The van der Waals surface area contributed by atoms with E-state index in [9.17, 15) is 19.7 Å². The Bertz CT molecular complexity index is 1400. The first-order valence-corrected chi connectivity index (χ1v) is 10.7. The van der Waals surface area contributed by atoms with Gasteiger partial charge in [0.2, 0.25) is 12.5 Å². The fourth-order valence-electron chi connectivity index (χ4n) is 3.79. The summed E-state index contributed by atoms with van der Waals surface area (Å²) in [5, 5.41) is 13.0. The van der Waals surface area contributed by atoms with E-state index in [-0.39, 0.29) is 41.7 Å². The normalized spacial score (nSPS) is 15.2. The van der Waals surface area contributed by atoms with E-state index in [4.69, 9.17) is 18.9 Å². The lowest BCUT2D eigenvalue weighted by atomic mass is 10.1. The molecule has 1 fully saturated rings. The summed E-state index contributed by atoms with van der Waals surface area (Å²) in [6, 6.07) is 16.5. The zero-order valence-electron chi connectivity index (χ0n) is 18.9. The number of nitrogens with zero attached hydrogens (tertiary/aromatic N) is 2. The van der Waals surface area contributed by atoms with Crippen LogP contribution in [-0.4, -0.2) is 30.6 Å². The van der Waals surface area contributed by atoms with E-state index in [0.717, 1.165) is 5.01 Å². The molecule has 2 aliphatic rings. The zero-order valence-corrected chi connectivity index (χ0v) is 18.9. The molecule has 0 aromatic heterocycles. The molecular weight excluding hydrogens is 470 g/mol. The fraction of sp³-hybridized carbons (Fsp3) is 0.120. The first kappa shape index (κ1) is 22.7. The Morgan fingerprint density at radius 3 is 2.61 bits per heavy atom. The number of nitro groups is 1. The summed E-state index contributed by atoms with van der Waals surface area (Å²) in [5.41, 5.74) is 3.34. The molecule has 2 amide bonds. The van der Waals surface area contributed by atoms with Gasteiger partial charge in [-0.15, -0.1) is 0 Å². The standard InChI is InChI=1S/C25H19N3O8/c1-33-22-12-16(9-18-24(29)26-27(25(18)30)17-5-3-2-4-6-17)10-19(28(31)32)23(22)34-13-15-7-8-20-21(11-15)36-14-35-20/h2-12H,13-14H2,1H3,(H,26,29)/b18-9-. The molecule has 36 heavy (non-hydrogen) atoms. The number of amides is 2. The minimum absolute atomic E-state index is 0.00119. The molecule has 2 aliphatic heterocycles. The molecule has 5 rings (SSSR count). The molecule has 0 aliphatic carbocycles. The zero-order chi connectivity index (χ0) is 25.2. The highest BCUT2D eigenvalue weighted by Crippen LogP contribution is 2.40. The van der Waals surface area contributed by atoms with Crippen molar-refractivity contribution in [2.75, 3.05) is 18.9 Å². The highest BCUT2D eigenvalue weighted by atomic mass is 16.7. The van der Waals surface area contributed by atoms with Crippen LogP contribution < -0.4 is 29.4 Å². The quantitative estimate of drug-likeness (QED) is 0.231. The van der Waals surface area contributed by atoms with Crippen molar-refractivity contribution < 1.29 is 33.5 Å². The Balaban J connectivity index is 1.44. The number of anilines is 1. The summed E-state index contributed by atoms with van der Waals surface area (Å²) >= 11 is 0. The summed E-state index contributed by atoms with van der Waals surface area (Å²) in [6.45, 7) is 0.126. The van der Waals surface area contributed by atoms with Crippen molar-refractivity contribution >= 4 is 29.3 Å². The van der Waals surface area contributed by atoms with Gasteiger partial charge in [-0.3, -0.25) is 25.1 Å². The predicted octanol–water partition coefficient (Wildman–Crippen LogP) is 3.37. The third-order valence-electron chi connectivity index (χ3n) is 5.51. The van der Waals surface area contributed by atoms with E-state index >= 15 is 0 Å². The van der Waals surface area contributed by atoms with Crippen LogP contribution in [0.15, 0.2) is 66.2 Å². The van der Waals surface area contributed by atoms with E-state index in [1.807, 2.05) is 0 Å². The molecule has 1 N–H and O–H groups in total. The van der Waals surface area contributed by atoms with Gasteiger partial charge < -0.3 is 18.9 Å². The second-order valence-corrected chi connectivity index (χ2v) is 7.78. The smallest absolute Gasteiger partial charge is 0.315 e. The lowest BCUT2D eigenvalue weighted by Gasteiger charge is -2.14. The van der Waals surface area contributed by atoms with E-state index in [1.165, 1.54) is 25.3 Å². The number of fused-ring (bicyclic) bond motifs is 1. The van der Waals surface area contributed by atoms with Gasteiger partial charge >= 0.3 is 5.69 Å². The molecule has 2 heterocycles. The number of hydrogen-bond acceptors (Lipinski definition) is 8. The van der Waals surface area contributed by atoms with Crippen molar-refractivity contribution in [2.24, 2.45) is 0 Å². The van der Waals surface area contributed by atoms with Crippen LogP contribution >= 0.6 is 0 Å². The first-order valence-electron chi connectivity index (χ1n) is 10.7. The van der Waals surface area contributed by atoms with Crippen molar-refractivity contribution in [3.8, 4) is 23.0 Å². The number of benzene rings is 3. The fourth-order valence-corrected chi connectivity index (χ4v) is 3.79. The van der Waals surface area contributed by atoms with E-state index in [1.54, 1.807) is 48.5 Å². The van der Waals surface area contributed by atoms with Gasteiger partial charge in [-0.1, -0.05) is 24.3 Å². The molecular formula is C25H19N3O8. The Hall–Kier alpha value is -5.06. The van der Waals surface area contributed by atoms with Gasteiger partial charge in [0, 0.05) is 6.07 Å². The summed E-state index contributed by atoms with van der Waals surface area (Å²) in [6.07, 6.45) is 1.28. The average Bonchev–Trinajstić information content (AvgIpc) is 3.47. The highest BCUT2D eigenvalue weighted by Gasteiger charge is 2.35. The van der Waals surface area contributed by atoms with E-state index in [0.29, 0.717) is 22.7 Å². The third-order valence-corrected chi connectivity index (χ3v) is 5.51. The maximum atomic E-state index is 12.9.